The molecule has 0 rings (SSSR count). The second kappa shape index (κ2) is 7.29. The van der Waals surface area contributed by atoms with Gasteiger partial charge in [0.2, 0.25) is 0 Å². The van der Waals surface area contributed by atoms with Crippen molar-refractivity contribution in [3.8, 4) is 0 Å². The fraction of sp³-hybridized carbons (Fsp3) is 1.00. The Balaban J connectivity index is 3.64. The molecule has 0 aliphatic rings. The zero-order chi connectivity index (χ0) is 12.8. The highest BCUT2D eigenvalue weighted by Crippen LogP contribution is 2.19. The monoisotopic (exact) mass is 228 g/mol. The minimum atomic E-state index is -0.0167. The van der Waals surface area contributed by atoms with Crippen LogP contribution in [0, 0.1) is 17.8 Å². The van der Waals surface area contributed by atoms with Crippen LogP contribution >= 0.6 is 0 Å². The normalized spacial score (nSPS) is 13.1. The average molecular weight is 228 g/mol. The highest BCUT2D eigenvalue weighted by molar-refractivity contribution is 4.73. The van der Waals surface area contributed by atoms with Gasteiger partial charge < -0.3 is 11.1 Å². The summed E-state index contributed by atoms with van der Waals surface area (Å²) in [6, 6.07) is 0. The van der Waals surface area contributed by atoms with E-state index in [1.807, 2.05) is 0 Å². The average Bonchev–Trinajstić information content (AvgIpc) is 2.07. The molecular weight excluding hydrogens is 196 g/mol. The number of hydrogen-bond donors (Lipinski definition) is 2. The van der Waals surface area contributed by atoms with Gasteiger partial charge in [-0.15, -0.1) is 0 Å². The van der Waals surface area contributed by atoms with Gasteiger partial charge in [0, 0.05) is 5.54 Å². The molecule has 16 heavy (non-hydrogen) atoms. The molecule has 0 amide bonds. The number of rotatable bonds is 8. The molecule has 0 saturated heterocycles. The minimum absolute atomic E-state index is 0.0167. The summed E-state index contributed by atoms with van der Waals surface area (Å²) in [5.74, 6) is 2.31. The number of nitrogens with one attached hydrogen (secondary N) is 1. The molecule has 0 radical (unpaired) electrons. The van der Waals surface area contributed by atoms with Crippen molar-refractivity contribution < 1.29 is 0 Å². The van der Waals surface area contributed by atoms with Gasteiger partial charge in [-0.3, -0.25) is 0 Å². The van der Waals surface area contributed by atoms with Crippen LogP contribution in [-0.4, -0.2) is 18.6 Å². The smallest absolute Gasteiger partial charge is 0.00975 e. The van der Waals surface area contributed by atoms with Gasteiger partial charge in [-0.2, -0.15) is 0 Å². The summed E-state index contributed by atoms with van der Waals surface area (Å²) in [6.07, 6.45) is 2.26. The molecule has 0 aliphatic heterocycles. The van der Waals surface area contributed by atoms with E-state index in [0.29, 0.717) is 0 Å². The van der Waals surface area contributed by atoms with E-state index in [1.165, 1.54) is 6.42 Å². The van der Waals surface area contributed by atoms with Crippen LogP contribution in [-0.2, 0) is 0 Å². The summed E-state index contributed by atoms with van der Waals surface area (Å²) in [5.41, 5.74) is 5.93. The molecule has 0 aromatic heterocycles. The highest BCUT2D eigenvalue weighted by Gasteiger charge is 2.16. The highest BCUT2D eigenvalue weighted by atomic mass is 14.9. The van der Waals surface area contributed by atoms with Crippen molar-refractivity contribution in [1.29, 1.82) is 0 Å². The molecule has 0 fully saturated rings. The van der Waals surface area contributed by atoms with Crippen LogP contribution in [0.5, 0.6) is 0 Å². The largest absolute Gasteiger partial charge is 0.326 e. The van der Waals surface area contributed by atoms with Crippen LogP contribution in [0.4, 0.5) is 0 Å². The summed E-state index contributed by atoms with van der Waals surface area (Å²) in [6.45, 7) is 15.7. The summed E-state index contributed by atoms with van der Waals surface area (Å²) >= 11 is 0. The summed E-state index contributed by atoms with van der Waals surface area (Å²) < 4.78 is 0. The van der Waals surface area contributed by atoms with Gasteiger partial charge in [-0.05, 0) is 57.5 Å². The third kappa shape index (κ3) is 8.12. The SMILES string of the molecule is CC(C)C(CNCCCC(C)(C)N)C(C)C. The fourth-order valence-electron chi connectivity index (χ4n) is 2.18. The molecule has 0 spiro atoms. The molecule has 2 heteroatoms. The van der Waals surface area contributed by atoms with Crippen LogP contribution in [0.3, 0.4) is 0 Å². The molecule has 0 aromatic carbocycles. The number of nitrogens with two attached hydrogens (primary N) is 1. The molecule has 0 aliphatic carbocycles. The van der Waals surface area contributed by atoms with Crippen LogP contribution in [0.2, 0.25) is 0 Å². The van der Waals surface area contributed by atoms with Gasteiger partial charge in [-0.1, -0.05) is 27.7 Å². The van der Waals surface area contributed by atoms with Crippen molar-refractivity contribution >= 4 is 0 Å². The van der Waals surface area contributed by atoms with E-state index < -0.39 is 0 Å². The van der Waals surface area contributed by atoms with E-state index in [0.717, 1.165) is 37.3 Å². The minimum Gasteiger partial charge on any atom is -0.326 e. The van der Waals surface area contributed by atoms with E-state index in [9.17, 15) is 0 Å². The molecule has 0 aromatic rings. The predicted octanol–water partition coefficient (Wildman–Crippen LogP) is 3.02. The van der Waals surface area contributed by atoms with Gasteiger partial charge in [0.05, 0.1) is 0 Å². The second-order valence-corrected chi connectivity index (χ2v) is 6.45. The third-order valence-electron chi connectivity index (χ3n) is 3.27. The second-order valence-electron chi connectivity index (χ2n) is 6.45. The van der Waals surface area contributed by atoms with E-state index in [1.54, 1.807) is 0 Å². The van der Waals surface area contributed by atoms with Gasteiger partial charge in [0.25, 0.3) is 0 Å². The first kappa shape index (κ1) is 15.9. The lowest BCUT2D eigenvalue weighted by atomic mass is 9.85. The van der Waals surface area contributed by atoms with E-state index >= 15 is 0 Å². The van der Waals surface area contributed by atoms with Crippen LogP contribution in [0.25, 0.3) is 0 Å². The predicted molar refractivity (Wildman–Crippen MR) is 73.5 cm³/mol. The van der Waals surface area contributed by atoms with Crippen LogP contribution in [0.1, 0.15) is 54.4 Å². The molecule has 3 N–H and O–H groups in total. The van der Waals surface area contributed by atoms with Gasteiger partial charge in [-0.25, -0.2) is 0 Å². The Bertz CT molecular complexity index is 160. The maximum atomic E-state index is 5.95. The Morgan fingerprint density at radius 3 is 1.94 bits per heavy atom. The Hall–Kier alpha value is -0.0800. The molecule has 0 saturated carbocycles. The Morgan fingerprint density at radius 2 is 1.56 bits per heavy atom. The standard InChI is InChI=1S/C14H32N2/c1-11(2)13(12(3)4)10-16-9-7-8-14(5,6)15/h11-13,16H,7-10,15H2,1-6H3. The quantitative estimate of drug-likeness (QED) is 0.627. The summed E-state index contributed by atoms with van der Waals surface area (Å²) in [7, 11) is 0. The van der Waals surface area contributed by atoms with Crippen molar-refractivity contribution in [2.24, 2.45) is 23.5 Å². The van der Waals surface area contributed by atoms with Crippen molar-refractivity contribution in [3.63, 3.8) is 0 Å². The summed E-state index contributed by atoms with van der Waals surface area (Å²) in [4.78, 5) is 0. The van der Waals surface area contributed by atoms with Gasteiger partial charge in [0.15, 0.2) is 0 Å². The molecule has 0 heterocycles. The lowest BCUT2D eigenvalue weighted by Gasteiger charge is -2.25. The van der Waals surface area contributed by atoms with Gasteiger partial charge in [0.1, 0.15) is 0 Å². The topological polar surface area (TPSA) is 38.0 Å². The summed E-state index contributed by atoms with van der Waals surface area (Å²) in [5, 5.41) is 3.57. The first-order valence-corrected chi connectivity index (χ1v) is 6.73. The van der Waals surface area contributed by atoms with Crippen LogP contribution < -0.4 is 11.1 Å². The zero-order valence-corrected chi connectivity index (χ0v) is 12.1. The molecule has 2 nitrogen and oxygen atoms in total. The Labute approximate surface area is 102 Å². The molecule has 0 bridgehead atoms. The van der Waals surface area contributed by atoms with E-state index in [2.05, 4.69) is 46.9 Å². The lowest BCUT2D eigenvalue weighted by Crippen LogP contribution is -2.34. The first-order valence-electron chi connectivity index (χ1n) is 6.73. The van der Waals surface area contributed by atoms with Crippen molar-refractivity contribution in [2.75, 3.05) is 13.1 Å². The van der Waals surface area contributed by atoms with Crippen molar-refractivity contribution in [3.05, 3.63) is 0 Å². The molecule has 0 unspecified atom stereocenters. The van der Waals surface area contributed by atoms with Gasteiger partial charge >= 0.3 is 0 Å². The molecular formula is C14H32N2. The zero-order valence-electron chi connectivity index (χ0n) is 12.1. The van der Waals surface area contributed by atoms with E-state index in [4.69, 9.17) is 5.73 Å². The third-order valence-corrected chi connectivity index (χ3v) is 3.27. The maximum absolute atomic E-state index is 5.95. The lowest BCUT2D eigenvalue weighted by molar-refractivity contribution is 0.274. The Morgan fingerprint density at radius 1 is 1.06 bits per heavy atom. The molecule has 0 atom stereocenters. The van der Waals surface area contributed by atoms with Crippen molar-refractivity contribution in [1.82, 2.24) is 5.32 Å². The van der Waals surface area contributed by atoms with Crippen molar-refractivity contribution in [2.45, 2.75) is 59.9 Å². The maximum Gasteiger partial charge on any atom is 0.00975 e. The van der Waals surface area contributed by atoms with E-state index in [-0.39, 0.29) is 5.54 Å². The fourth-order valence-corrected chi connectivity index (χ4v) is 2.18. The van der Waals surface area contributed by atoms with Crippen LogP contribution in [0.15, 0.2) is 0 Å². The molecule has 98 valence electrons. The Kier molecular flexibility index (Phi) is 7.25. The first-order chi connectivity index (χ1) is 7.24. The number of hydrogen-bond acceptors (Lipinski definition) is 2.